The van der Waals surface area contributed by atoms with Crippen LogP contribution < -0.4 is 5.32 Å². The Morgan fingerprint density at radius 1 is 1.26 bits per heavy atom. The molecule has 0 unspecified atom stereocenters. The minimum absolute atomic E-state index is 0.206. The average molecular weight is 312 g/mol. The maximum atomic E-state index is 12.4. The molecular formula is C20H28N2O. The number of carbonyl (C=O) groups is 1. The average Bonchev–Trinajstić information content (AvgIpc) is 2.52. The van der Waals surface area contributed by atoms with Crippen LogP contribution in [0.25, 0.3) is 0 Å². The third-order valence-electron chi connectivity index (χ3n) is 6.75. The number of pyridine rings is 1. The lowest BCUT2D eigenvalue weighted by molar-refractivity contribution is -0.125. The van der Waals surface area contributed by atoms with Crippen molar-refractivity contribution in [1.29, 1.82) is 0 Å². The zero-order valence-corrected chi connectivity index (χ0v) is 14.1. The highest BCUT2D eigenvalue weighted by Crippen LogP contribution is 2.61. The summed E-state index contributed by atoms with van der Waals surface area (Å²) < 4.78 is 0. The standard InChI is InChI=1S/C20H28N2O/c1-14(22-19(23)5-4-15-3-2-6-21-13-15)20-10-16-7-17(11-20)9-18(8-16)12-20/h2-3,6,13-14,16-18H,4-5,7-12H2,1H3,(H,22,23)/t14-,16?,17?,18?,20?/m0/s1. The first-order valence-corrected chi connectivity index (χ1v) is 9.31. The second-order valence-corrected chi connectivity index (χ2v) is 8.43. The third kappa shape index (κ3) is 3.02. The molecule has 5 rings (SSSR count). The van der Waals surface area contributed by atoms with Crippen LogP contribution in [0.5, 0.6) is 0 Å². The minimum atomic E-state index is 0.206. The van der Waals surface area contributed by atoms with Gasteiger partial charge in [-0.3, -0.25) is 9.78 Å². The Hall–Kier alpha value is -1.38. The molecule has 4 aliphatic rings. The molecular weight excluding hydrogens is 284 g/mol. The van der Waals surface area contributed by atoms with E-state index in [2.05, 4.69) is 17.2 Å². The molecule has 3 nitrogen and oxygen atoms in total. The molecule has 23 heavy (non-hydrogen) atoms. The first kappa shape index (κ1) is 15.2. The lowest BCUT2D eigenvalue weighted by Gasteiger charge is -2.59. The van der Waals surface area contributed by atoms with E-state index in [0.717, 1.165) is 29.7 Å². The zero-order valence-electron chi connectivity index (χ0n) is 14.1. The highest BCUT2D eigenvalue weighted by atomic mass is 16.1. The fourth-order valence-electron chi connectivity index (χ4n) is 5.98. The van der Waals surface area contributed by atoms with Crippen LogP contribution in [0.3, 0.4) is 0 Å². The molecule has 3 heteroatoms. The fraction of sp³-hybridized carbons (Fsp3) is 0.700. The number of aryl methyl sites for hydroxylation is 1. The van der Waals surface area contributed by atoms with Crippen LogP contribution in [0.2, 0.25) is 0 Å². The number of nitrogens with one attached hydrogen (secondary N) is 1. The van der Waals surface area contributed by atoms with Gasteiger partial charge in [-0.25, -0.2) is 0 Å². The van der Waals surface area contributed by atoms with E-state index in [1.54, 1.807) is 6.20 Å². The SMILES string of the molecule is C[C@H](NC(=O)CCc1cccnc1)C12CC3CC(CC(C3)C1)C2. The molecule has 1 N–H and O–H groups in total. The second kappa shape index (κ2) is 5.92. The summed E-state index contributed by atoms with van der Waals surface area (Å²) in [5.74, 6) is 3.03. The monoisotopic (exact) mass is 312 g/mol. The van der Waals surface area contributed by atoms with Gasteiger partial charge in [0.2, 0.25) is 5.91 Å². The van der Waals surface area contributed by atoms with E-state index in [0.29, 0.717) is 17.9 Å². The molecule has 0 aromatic carbocycles. The normalized spacial score (nSPS) is 36.0. The van der Waals surface area contributed by atoms with E-state index in [1.807, 2.05) is 18.3 Å². The summed E-state index contributed by atoms with van der Waals surface area (Å²) in [6.07, 6.45) is 13.4. The van der Waals surface area contributed by atoms with Crippen molar-refractivity contribution >= 4 is 5.91 Å². The van der Waals surface area contributed by atoms with Gasteiger partial charge in [-0.2, -0.15) is 0 Å². The maximum Gasteiger partial charge on any atom is 0.220 e. The van der Waals surface area contributed by atoms with Crippen LogP contribution in [0.15, 0.2) is 24.5 Å². The number of rotatable bonds is 5. The molecule has 124 valence electrons. The highest BCUT2D eigenvalue weighted by Gasteiger charge is 2.53. The molecule has 4 saturated carbocycles. The molecule has 1 heterocycles. The molecule has 1 atom stereocenters. The van der Waals surface area contributed by atoms with Gasteiger partial charge in [0.05, 0.1) is 0 Å². The molecule has 0 spiro atoms. The summed E-state index contributed by atoms with van der Waals surface area (Å²) in [7, 11) is 0. The van der Waals surface area contributed by atoms with E-state index in [9.17, 15) is 4.79 Å². The molecule has 0 aliphatic heterocycles. The molecule has 1 amide bonds. The number of hydrogen-bond donors (Lipinski definition) is 1. The van der Waals surface area contributed by atoms with E-state index in [4.69, 9.17) is 0 Å². The van der Waals surface area contributed by atoms with E-state index >= 15 is 0 Å². The molecule has 1 aromatic heterocycles. The van der Waals surface area contributed by atoms with Gasteiger partial charge < -0.3 is 5.32 Å². The van der Waals surface area contributed by atoms with Gasteiger partial charge >= 0.3 is 0 Å². The van der Waals surface area contributed by atoms with Crippen molar-refractivity contribution in [2.24, 2.45) is 23.2 Å². The topological polar surface area (TPSA) is 42.0 Å². The minimum Gasteiger partial charge on any atom is -0.353 e. The number of carbonyl (C=O) groups excluding carboxylic acids is 1. The summed E-state index contributed by atoms with van der Waals surface area (Å²) in [6, 6.07) is 4.31. The molecule has 0 radical (unpaired) electrons. The summed E-state index contributed by atoms with van der Waals surface area (Å²) in [4.78, 5) is 16.5. The summed E-state index contributed by atoms with van der Waals surface area (Å²) in [5.41, 5.74) is 1.55. The third-order valence-corrected chi connectivity index (χ3v) is 6.75. The lowest BCUT2D eigenvalue weighted by atomic mass is 9.48. The molecule has 0 saturated heterocycles. The van der Waals surface area contributed by atoms with Crippen LogP contribution in [0, 0.1) is 23.2 Å². The Balaban J connectivity index is 1.34. The zero-order chi connectivity index (χ0) is 15.9. The largest absolute Gasteiger partial charge is 0.353 e. The van der Waals surface area contributed by atoms with Gasteiger partial charge in [0.1, 0.15) is 0 Å². The number of hydrogen-bond acceptors (Lipinski definition) is 2. The van der Waals surface area contributed by atoms with Crippen molar-refractivity contribution in [3.05, 3.63) is 30.1 Å². The summed E-state index contributed by atoms with van der Waals surface area (Å²) >= 11 is 0. The Morgan fingerprint density at radius 3 is 2.48 bits per heavy atom. The second-order valence-electron chi connectivity index (χ2n) is 8.43. The predicted octanol–water partition coefficient (Wildman–Crippen LogP) is 3.74. The van der Waals surface area contributed by atoms with Crippen molar-refractivity contribution in [1.82, 2.24) is 10.3 Å². The Morgan fingerprint density at radius 2 is 1.91 bits per heavy atom. The number of amides is 1. The van der Waals surface area contributed by atoms with Gasteiger partial charge in [-0.1, -0.05) is 6.07 Å². The van der Waals surface area contributed by atoms with E-state index in [1.165, 1.54) is 38.5 Å². The Bertz CT molecular complexity index is 533. The van der Waals surface area contributed by atoms with Crippen LogP contribution in [-0.4, -0.2) is 16.9 Å². The Kier molecular flexibility index (Phi) is 3.90. The van der Waals surface area contributed by atoms with E-state index in [-0.39, 0.29) is 5.91 Å². The molecule has 1 aromatic rings. The van der Waals surface area contributed by atoms with Crippen molar-refractivity contribution in [3.8, 4) is 0 Å². The first-order valence-electron chi connectivity index (χ1n) is 9.31. The molecule has 4 aliphatic carbocycles. The maximum absolute atomic E-state index is 12.4. The first-order chi connectivity index (χ1) is 11.1. The summed E-state index contributed by atoms with van der Waals surface area (Å²) in [5, 5.41) is 3.35. The highest BCUT2D eigenvalue weighted by molar-refractivity contribution is 5.76. The quantitative estimate of drug-likeness (QED) is 0.900. The van der Waals surface area contributed by atoms with Gasteiger partial charge in [0.25, 0.3) is 0 Å². The van der Waals surface area contributed by atoms with Crippen molar-refractivity contribution in [2.45, 2.75) is 64.3 Å². The fourth-order valence-corrected chi connectivity index (χ4v) is 5.98. The Labute approximate surface area is 139 Å². The number of nitrogens with zero attached hydrogens (tertiary/aromatic N) is 1. The van der Waals surface area contributed by atoms with Crippen LogP contribution in [-0.2, 0) is 11.2 Å². The van der Waals surface area contributed by atoms with Gasteiger partial charge in [0.15, 0.2) is 0 Å². The van der Waals surface area contributed by atoms with Gasteiger partial charge in [-0.05, 0) is 86.7 Å². The summed E-state index contributed by atoms with van der Waals surface area (Å²) in [6.45, 7) is 2.26. The van der Waals surface area contributed by atoms with Crippen molar-refractivity contribution in [3.63, 3.8) is 0 Å². The van der Waals surface area contributed by atoms with Crippen LogP contribution in [0.4, 0.5) is 0 Å². The molecule has 4 fully saturated rings. The van der Waals surface area contributed by atoms with Crippen LogP contribution in [0.1, 0.15) is 57.4 Å². The van der Waals surface area contributed by atoms with Crippen LogP contribution >= 0.6 is 0 Å². The van der Waals surface area contributed by atoms with E-state index < -0.39 is 0 Å². The van der Waals surface area contributed by atoms with Crippen molar-refractivity contribution < 1.29 is 4.79 Å². The van der Waals surface area contributed by atoms with Gasteiger partial charge in [-0.15, -0.1) is 0 Å². The van der Waals surface area contributed by atoms with Gasteiger partial charge in [0, 0.05) is 24.9 Å². The lowest BCUT2D eigenvalue weighted by Crippen LogP contribution is -2.55. The van der Waals surface area contributed by atoms with Crippen molar-refractivity contribution in [2.75, 3.05) is 0 Å². The smallest absolute Gasteiger partial charge is 0.220 e. The predicted molar refractivity (Wildman–Crippen MR) is 90.8 cm³/mol. The molecule has 4 bridgehead atoms. The number of aromatic nitrogens is 1.